The number of para-hydroxylation sites is 1. The maximum Gasteiger partial charge on any atom is 0.234 e. The Morgan fingerprint density at radius 2 is 2.05 bits per heavy atom. The second kappa shape index (κ2) is 6.50. The van der Waals surface area contributed by atoms with Crippen LogP contribution in [0.4, 0.5) is 5.69 Å². The third kappa shape index (κ3) is 3.48. The van der Waals surface area contributed by atoms with E-state index >= 15 is 0 Å². The lowest BCUT2D eigenvalue weighted by Gasteiger charge is -2.08. The maximum absolute atomic E-state index is 12.1. The largest absolute Gasteiger partial charge is 0.325 e. The van der Waals surface area contributed by atoms with Crippen molar-refractivity contribution in [2.75, 3.05) is 11.1 Å². The molecule has 1 aromatic heterocycles. The number of nitrogens with zero attached hydrogens (tertiary/aromatic N) is 1. The standard InChI is InChI=1S/C17H16N2OS2/c1-11-7-8-12(2)14(9-11)18-16(20)10-21-17-19-13-5-3-4-6-15(13)22-17/h3-9H,10H2,1-2H3,(H,18,20). The van der Waals surface area contributed by atoms with Gasteiger partial charge in [-0.1, -0.05) is 36.0 Å². The van der Waals surface area contributed by atoms with Gasteiger partial charge in [0.25, 0.3) is 0 Å². The van der Waals surface area contributed by atoms with Crippen molar-refractivity contribution >= 4 is 44.9 Å². The molecule has 2 aromatic carbocycles. The monoisotopic (exact) mass is 328 g/mol. The van der Waals surface area contributed by atoms with Gasteiger partial charge in [0.1, 0.15) is 0 Å². The predicted molar refractivity (Wildman–Crippen MR) is 94.9 cm³/mol. The van der Waals surface area contributed by atoms with Crippen LogP contribution in [0.1, 0.15) is 11.1 Å². The molecule has 112 valence electrons. The fourth-order valence-corrected chi connectivity index (χ4v) is 3.97. The van der Waals surface area contributed by atoms with E-state index in [2.05, 4.69) is 10.3 Å². The Morgan fingerprint density at radius 3 is 2.86 bits per heavy atom. The van der Waals surface area contributed by atoms with Crippen LogP contribution in [0.2, 0.25) is 0 Å². The van der Waals surface area contributed by atoms with Gasteiger partial charge in [0.15, 0.2) is 4.34 Å². The smallest absolute Gasteiger partial charge is 0.234 e. The lowest BCUT2D eigenvalue weighted by atomic mass is 10.1. The highest BCUT2D eigenvalue weighted by atomic mass is 32.2. The maximum atomic E-state index is 12.1. The van der Waals surface area contributed by atoms with Crippen LogP contribution >= 0.6 is 23.1 Å². The molecule has 1 N–H and O–H groups in total. The molecule has 3 nitrogen and oxygen atoms in total. The molecule has 0 fully saturated rings. The molecule has 0 aliphatic rings. The molecule has 0 saturated carbocycles. The van der Waals surface area contributed by atoms with Gasteiger partial charge in [-0.15, -0.1) is 11.3 Å². The van der Waals surface area contributed by atoms with Crippen LogP contribution in [0.5, 0.6) is 0 Å². The summed E-state index contributed by atoms with van der Waals surface area (Å²) in [5.74, 6) is 0.366. The van der Waals surface area contributed by atoms with Crippen LogP contribution < -0.4 is 5.32 Å². The summed E-state index contributed by atoms with van der Waals surface area (Å²) in [6.07, 6.45) is 0. The number of hydrogen-bond donors (Lipinski definition) is 1. The number of fused-ring (bicyclic) bond motifs is 1. The summed E-state index contributed by atoms with van der Waals surface area (Å²) in [5, 5.41) is 2.97. The third-order valence-corrected chi connectivity index (χ3v) is 5.45. The molecule has 0 spiro atoms. The first-order valence-electron chi connectivity index (χ1n) is 6.97. The van der Waals surface area contributed by atoms with Gasteiger partial charge in [0.2, 0.25) is 5.91 Å². The Labute approximate surface area is 137 Å². The van der Waals surface area contributed by atoms with E-state index in [1.165, 1.54) is 11.8 Å². The lowest BCUT2D eigenvalue weighted by molar-refractivity contribution is -0.113. The van der Waals surface area contributed by atoms with Crippen LogP contribution in [0.15, 0.2) is 46.8 Å². The zero-order valence-corrected chi connectivity index (χ0v) is 14.1. The molecule has 22 heavy (non-hydrogen) atoms. The molecule has 0 bridgehead atoms. The van der Waals surface area contributed by atoms with Gasteiger partial charge in [0.05, 0.1) is 16.0 Å². The summed E-state index contributed by atoms with van der Waals surface area (Å²) in [6, 6.07) is 14.1. The average Bonchev–Trinajstić information content (AvgIpc) is 2.92. The van der Waals surface area contributed by atoms with Crippen LogP contribution in [0, 0.1) is 13.8 Å². The van der Waals surface area contributed by atoms with Crippen molar-refractivity contribution in [2.24, 2.45) is 0 Å². The molecule has 3 rings (SSSR count). The first-order chi connectivity index (χ1) is 10.6. The van der Waals surface area contributed by atoms with Gasteiger partial charge in [-0.05, 0) is 43.2 Å². The number of aryl methyl sites for hydroxylation is 2. The number of hydrogen-bond acceptors (Lipinski definition) is 4. The second-order valence-electron chi connectivity index (χ2n) is 5.10. The summed E-state index contributed by atoms with van der Waals surface area (Å²) >= 11 is 3.10. The molecule has 0 unspecified atom stereocenters. The number of nitrogens with one attached hydrogen (secondary N) is 1. The van der Waals surface area contributed by atoms with E-state index in [0.29, 0.717) is 5.75 Å². The van der Waals surface area contributed by atoms with E-state index in [-0.39, 0.29) is 5.91 Å². The average molecular weight is 328 g/mol. The minimum absolute atomic E-state index is 0.00189. The Balaban J connectivity index is 1.63. The number of anilines is 1. The molecular formula is C17H16N2OS2. The highest BCUT2D eigenvalue weighted by Crippen LogP contribution is 2.29. The van der Waals surface area contributed by atoms with E-state index in [0.717, 1.165) is 31.4 Å². The second-order valence-corrected chi connectivity index (χ2v) is 7.36. The van der Waals surface area contributed by atoms with Crippen molar-refractivity contribution in [3.63, 3.8) is 0 Å². The number of thiazole rings is 1. The van der Waals surface area contributed by atoms with Gasteiger partial charge in [0, 0.05) is 5.69 Å². The number of thioether (sulfide) groups is 1. The fraction of sp³-hybridized carbons (Fsp3) is 0.176. The Hall–Kier alpha value is -1.85. The highest BCUT2D eigenvalue weighted by Gasteiger charge is 2.09. The van der Waals surface area contributed by atoms with E-state index in [1.54, 1.807) is 11.3 Å². The van der Waals surface area contributed by atoms with Gasteiger partial charge >= 0.3 is 0 Å². The summed E-state index contributed by atoms with van der Waals surface area (Å²) in [6.45, 7) is 4.01. The summed E-state index contributed by atoms with van der Waals surface area (Å²) < 4.78 is 2.08. The number of aromatic nitrogens is 1. The molecule has 0 atom stereocenters. The van der Waals surface area contributed by atoms with Crippen molar-refractivity contribution in [1.82, 2.24) is 4.98 Å². The number of benzene rings is 2. The van der Waals surface area contributed by atoms with Crippen molar-refractivity contribution in [2.45, 2.75) is 18.2 Å². The summed E-state index contributed by atoms with van der Waals surface area (Å²) in [7, 11) is 0. The first-order valence-corrected chi connectivity index (χ1v) is 8.77. The quantitative estimate of drug-likeness (QED) is 0.709. The lowest BCUT2D eigenvalue weighted by Crippen LogP contribution is -2.14. The minimum Gasteiger partial charge on any atom is -0.325 e. The molecule has 1 heterocycles. The number of carbonyl (C=O) groups excluding carboxylic acids is 1. The number of carbonyl (C=O) groups is 1. The van der Waals surface area contributed by atoms with E-state index in [1.807, 2.05) is 56.3 Å². The Morgan fingerprint density at radius 1 is 1.23 bits per heavy atom. The van der Waals surface area contributed by atoms with Crippen LogP contribution in [-0.2, 0) is 4.79 Å². The number of amides is 1. The van der Waals surface area contributed by atoms with Crippen molar-refractivity contribution < 1.29 is 4.79 Å². The number of rotatable bonds is 4. The molecular weight excluding hydrogens is 312 g/mol. The van der Waals surface area contributed by atoms with E-state index < -0.39 is 0 Å². The van der Waals surface area contributed by atoms with Crippen molar-refractivity contribution in [3.8, 4) is 0 Å². The normalized spacial score (nSPS) is 10.8. The Kier molecular flexibility index (Phi) is 4.45. The first kappa shape index (κ1) is 15.1. The van der Waals surface area contributed by atoms with Gasteiger partial charge in [-0.3, -0.25) is 4.79 Å². The molecule has 5 heteroatoms. The van der Waals surface area contributed by atoms with Gasteiger partial charge in [-0.25, -0.2) is 4.98 Å². The predicted octanol–water partition coefficient (Wildman–Crippen LogP) is 4.64. The van der Waals surface area contributed by atoms with E-state index in [4.69, 9.17) is 0 Å². The van der Waals surface area contributed by atoms with Crippen LogP contribution in [0.3, 0.4) is 0 Å². The fourth-order valence-electron chi connectivity index (χ4n) is 2.10. The van der Waals surface area contributed by atoms with Gasteiger partial charge < -0.3 is 5.32 Å². The molecule has 0 saturated heterocycles. The third-order valence-electron chi connectivity index (χ3n) is 3.27. The minimum atomic E-state index is -0.00189. The molecule has 0 aliphatic carbocycles. The van der Waals surface area contributed by atoms with Crippen molar-refractivity contribution in [3.05, 3.63) is 53.6 Å². The zero-order valence-electron chi connectivity index (χ0n) is 12.4. The van der Waals surface area contributed by atoms with Crippen LogP contribution in [-0.4, -0.2) is 16.6 Å². The van der Waals surface area contributed by atoms with Gasteiger partial charge in [-0.2, -0.15) is 0 Å². The summed E-state index contributed by atoms with van der Waals surface area (Å²) in [5.41, 5.74) is 4.09. The van der Waals surface area contributed by atoms with Crippen LogP contribution in [0.25, 0.3) is 10.2 Å². The Bertz CT molecular complexity index is 793. The molecule has 3 aromatic rings. The summed E-state index contributed by atoms with van der Waals surface area (Å²) in [4.78, 5) is 16.6. The highest BCUT2D eigenvalue weighted by molar-refractivity contribution is 8.01. The van der Waals surface area contributed by atoms with Crippen molar-refractivity contribution in [1.29, 1.82) is 0 Å². The molecule has 0 radical (unpaired) electrons. The zero-order chi connectivity index (χ0) is 15.5. The SMILES string of the molecule is Cc1ccc(C)c(NC(=O)CSc2nc3ccccc3s2)c1. The molecule has 0 aliphatic heterocycles. The molecule has 1 amide bonds. The topological polar surface area (TPSA) is 42.0 Å². The van der Waals surface area contributed by atoms with E-state index in [9.17, 15) is 4.79 Å².